The lowest BCUT2D eigenvalue weighted by atomic mass is 10.1. The molecule has 4 rings (SSSR count). The molecule has 3 aromatic rings. The van der Waals surface area contributed by atoms with Crippen LogP contribution in [0.25, 0.3) is 10.9 Å². The van der Waals surface area contributed by atoms with Gasteiger partial charge in [-0.1, -0.05) is 11.6 Å². The molecule has 0 radical (unpaired) electrons. The molecule has 8 heteroatoms. The highest BCUT2D eigenvalue weighted by atomic mass is 35.5. The van der Waals surface area contributed by atoms with Crippen LogP contribution in [-0.4, -0.2) is 24.9 Å². The molecule has 2 heterocycles. The Kier molecular flexibility index (Phi) is 4.36. The van der Waals surface area contributed by atoms with Gasteiger partial charge >= 0.3 is 0 Å². The minimum absolute atomic E-state index is 0.0607. The molecule has 0 spiro atoms. The van der Waals surface area contributed by atoms with Gasteiger partial charge < -0.3 is 0 Å². The molecule has 0 aliphatic carbocycles. The van der Waals surface area contributed by atoms with Gasteiger partial charge in [0.25, 0.3) is 0 Å². The highest BCUT2D eigenvalue weighted by Crippen LogP contribution is 2.27. The average molecular weight is 404 g/mol. The molecule has 1 aliphatic heterocycles. The third-order valence-corrected chi connectivity index (χ3v) is 6.48. The highest BCUT2D eigenvalue weighted by Gasteiger charge is 2.28. The quantitative estimate of drug-likeness (QED) is 0.510. The maximum atomic E-state index is 13.6. The number of aromatic nitrogens is 1. The normalized spacial score (nSPS) is 17.1. The van der Waals surface area contributed by atoms with Crippen molar-refractivity contribution in [2.45, 2.75) is 18.2 Å². The zero-order chi connectivity index (χ0) is 19.2. The van der Waals surface area contributed by atoms with Crippen LogP contribution >= 0.6 is 11.6 Å². The lowest BCUT2D eigenvalue weighted by Gasteiger charge is -2.18. The number of anilines is 1. The van der Waals surface area contributed by atoms with E-state index < -0.39 is 15.7 Å². The first-order valence-corrected chi connectivity index (χ1v) is 10.3. The molecular weight excluding hydrogens is 389 g/mol. The number of hydrogen-bond donors (Lipinski definition) is 1. The summed E-state index contributed by atoms with van der Waals surface area (Å²) in [5.41, 5.74) is 5.39. The number of hydrazone groups is 1. The first-order valence-electron chi connectivity index (χ1n) is 8.26. The van der Waals surface area contributed by atoms with Gasteiger partial charge in [-0.25, -0.2) is 17.8 Å². The average Bonchev–Trinajstić information content (AvgIpc) is 2.61. The van der Waals surface area contributed by atoms with Crippen molar-refractivity contribution in [3.8, 4) is 0 Å². The zero-order valence-electron chi connectivity index (χ0n) is 14.3. The maximum absolute atomic E-state index is 13.6. The molecule has 1 N–H and O–H groups in total. The van der Waals surface area contributed by atoms with E-state index >= 15 is 0 Å². The van der Waals surface area contributed by atoms with Gasteiger partial charge in [-0.2, -0.15) is 5.10 Å². The molecular formula is C19H15ClFN3O2S. The molecule has 0 atom stereocenters. The van der Waals surface area contributed by atoms with E-state index in [0.29, 0.717) is 16.6 Å². The minimum Gasteiger partial charge on any atom is -0.261 e. The first kappa shape index (κ1) is 17.9. The third kappa shape index (κ3) is 3.40. The summed E-state index contributed by atoms with van der Waals surface area (Å²) in [4.78, 5) is 4.60. The predicted octanol–water partition coefficient (Wildman–Crippen LogP) is 4.33. The summed E-state index contributed by atoms with van der Waals surface area (Å²) >= 11 is 6.03. The van der Waals surface area contributed by atoms with Gasteiger partial charge in [-0.05, 0) is 55.0 Å². The standard InChI is InChI=1S/C19H15ClFN3O2S/c1-11-8-19(22-16-4-2-12(20)9-14(11)16)24-23-17-6-7-27(25,26)18-5-3-13(21)10-15(17)18/h2-5,8-10H,6-7H2,1H3,(H,22,24). The predicted molar refractivity (Wildman–Crippen MR) is 105 cm³/mol. The molecule has 138 valence electrons. The first-order chi connectivity index (χ1) is 12.8. The Hall–Kier alpha value is -2.51. The fourth-order valence-corrected chi connectivity index (χ4v) is 4.78. The summed E-state index contributed by atoms with van der Waals surface area (Å²) in [6.45, 7) is 1.94. The van der Waals surface area contributed by atoms with Crippen LogP contribution < -0.4 is 5.43 Å². The van der Waals surface area contributed by atoms with E-state index in [2.05, 4.69) is 15.5 Å². The summed E-state index contributed by atoms with van der Waals surface area (Å²) in [5.74, 6) is -0.0502. The summed E-state index contributed by atoms with van der Waals surface area (Å²) < 4.78 is 38.1. The van der Waals surface area contributed by atoms with Crippen molar-refractivity contribution in [2.75, 3.05) is 11.2 Å². The monoisotopic (exact) mass is 403 g/mol. The van der Waals surface area contributed by atoms with E-state index in [0.717, 1.165) is 22.5 Å². The number of aryl methyl sites for hydroxylation is 1. The van der Waals surface area contributed by atoms with Crippen LogP contribution in [0.15, 0.2) is 52.5 Å². The second-order valence-electron chi connectivity index (χ2n) is 6.37. The van der Waals surface area contributed by atoms with Gasteiger partial charge in [0.05, 0.1) is 21.9 Å². The largest absolute Gasteiger partial charge is 0.261 e. The van der Waals surface area contributed by atoms with E-state index in [1.807, 2.05) is 25.1 Å². The summed E-state index contributed by atoms with van der Waals surface area (Å²) in [5, 5.41) is 5.89. The Bertz CT molecular complexity index is 1210. The van der Waals surface area contributed by atoms with Crippen LogP contribution in [0.4, 0.5) is 10.2 Å². The van der Waals surface area contributed by atoms with E-state index in [-0.39, 0.29) is 22.6 Å². The highest BCUT2D eigenvalue weighted by molar-refractivity contribution is 7.91. The van der Waals surface area contributed by atoms with Crippen molar-refractivity contribution in [3.63, 3.8) is 0 Å². The van der Waals surface area contributed by atoms with Gasteiger partial charge in [0, 0.05) is 22.4 Å². The van der Waals surface area contributed by atoms with E-state index in [1.165, 1.54) is 12.1 Å². The van der Waals surface area contributed by atoms with Gasteiger partial charge in [-0.15, -0.1) is 0 Å². The van der Waals surface area contributed by atoms with E-state index in [9.17, 15) is 12.8 Å². The zero-order valence-corrected chi connectivity index (χ0v) is 15.9. The molecule has 2 aromatic carbocycles. The Morgan fingerprint density at radius 2 is 2.00 bits per heavy atom. The number of fused-ring (bicyclic) bond motifs is 2. The molecule has 0 amide bonds. The van der Waals surface area contributed by atoms with Gasteiger partial charge in [0.15, 0.2) is 9.84 Å². The SMILES string of the molecule is Cc1cc(NN=C2CCS(=O)(=O)c3ccc(F)cc32)nc2ccc(Cl)cc12. The van der Waals surface area contributed by atoms with E-state index in [1.54, 1.807) is 6.07 Å². The number of sulfone groups is 1. The number of rotatable bonds is 2. The molecule has 27 heavy (non-hydrogen) atoms. The van der Waals surface area contributed by atoms with Gasteiger partial charge in [0.1, 0.15) is 11.6 Å². The van der Waals surface area contributed by atoms with Crippen LogP contribution in [0, 0.1) is 12.7 Å². The molecule has 1 aromatic heterocycles. The summed E-state index contributed by atoms with van der Waals surface area (Å²) in [6, 6.07) is 10.9. The lowest BCUT2D eigenvalue weighted by Crippen LogP contribution is -2.23. The number of hydrogen-bond acceptors (Lipinski definition) is 5. The fourth-order valence-electron chi connectivity index (χ4n) is 3.14. The molecule has 0 saturated heterocycles. The number of pyridine rings is 1. The van der Waals surface area contributed by atoms with Crippen molar-refractivity contribution < 1.29 is 12.8 Å². The molecule has 5 nitrogen and oxygen atoms in total. The Labute approximate surface area is 160 Å². The van der Waals surface area contributed by atoms with Crippen molar-refractivity contribution in [3.05, 3.63) is 64.4 Å². The smallest absolute Gasteiger partial charge is 0.179 e. The van der Waals surface area contributed by atoms with Gasteiger partial charge in [0.2, 0.25) is 0 Å². The van der Waals surface area contributed by atoms with Crippen molar-refractivity contribution in [1.82, 2.24) is 4.98 Å². The summed E-state index contributed by atoms with van der Waals surface area (Å²) in [7, 11) is -3.42. The Balaban J connectivity index is 1.73. The Morgan fingerprint density at radius 3 is 2.81 bits per heavy atom. The molecule has 0 fully saturated rings. The third-order valence-electron chi connectivity index (χ3n) is 4.48. The van der Waals surface area contributed by atoms with Crippen LogP contribution in [0.2, 0.25) is 5.02 Å². The fraction of sp³-hybridized carbons (Fsp3) is 0.158. The van der Waals surface area contributed by atoms with Crippen LogP contribution in [-0.2, 0) is 9.84 Å². The van der Waals surface area contributed by atoms with Crippen molar-refractivity contribution in [1.29, 1.82) is 0 Å². The molecule has 0 bridgehead atoms. The number of nitrogens with zero attached hydrogens (tertiary/aromatic N) is 2. The van der Waals surface area contributed by atoms with Crippen LogP contribution in [0.3, 0.4) is 0 Å². The van der Waals surface area contributed by atoms with Crippen molar-refractivity contribution >= 4 is 43.9 Å². The number of nitrogens with one attached hydrogen (secondary N) is 1. The van der Waals surface area contributed by atoms with Crippen LogP contribution in [0.1, 0.15) is 17.5 Å². The second-order valence-corrected chi connectivity index (χ2v) is 8.88. The number of halogens is 2. The minimum atomic E-state index is -3.42. The summed E-state index contributed by atoms with van der Waals surface area (Å²) in [6.07, 6.45) is 0.202. The topological polar surface area (TPSA) is 71.4 Å². The number of benzene rings is 2. The Morgan fingerprint density at radius 1 is 1.19 bits per heavy atom. The molecule has 1 aliphatic rings. The lowest BCUT2D eigenvalue weighted by molar-refractivity contribution is 0.593. The second kappa shape index (κ2) is 6.58. The molecule has 0 unspecified atom stereocenters. The van der Waals surface area contributed by atoms with Crippen LogP contribution in [0.5, 0.6) is 0 Å². The maximum Gasteiger partial charge on any atom is 0.179 e. The van der Waals surface area contributed by atoms with Crippen molar-refractivity contribution in [2.24, 2.45) is 5.10 Å². The van der Waals surface area contributed by atoms with Gasteiger partial charge in [-0.3, -0.25) is 5.43 Å². The van der Waals surface area contributed by atoms with E-state index in [4.69, 9.17) is 11.6 Å². The molecule has 0 saturated carbocycles.